The second kappa shape index (κ2) is 7.31. The highest BCUT2D eigenvalue weighted by molar-refractivity contribution is 7.14. The molecule has 2 heterocycles. The zero-order valence-electron chi connectivity index (χ0n) is 13.8. The number of rotatable bonds is 5. The molecule has 0 saturated carbocycles. The maximum Gasteiger partial charge on any atom is 0.293 e. The van der Waals surface area contributed by atoms with Crippen molar-refractivity contribution in [2.45, 2.75) is 20.3 Å². The summed E-state index contributed by atoms with van der Waals surface area (Å²) in [7, 11) is 0. The number of aryl methyl sites for hydroxylation is 1. The normalized spacial score (nSPS) is 10.5. The Morgan fingerprint density at radius 1 is 1.16 bits per heavy atom. The van der Waals surface area contributed by atoms with Gasteiger partial charge in [0.2, 0.25) is 5.91 Å². The van der Waals surface area contributed by atoms with Crippen molar-refractivity contribution in [1.82, 2.24) is 4.98 Å². The van der Waals surface area contributed by atoms with Crippen LogP contribution in [0.1, 0.15) is 27.4 Å². The van der Waals surface area contributed by atoms with Crippen molar-refractivity contribution in [1.29, 1.82) is 0 Å². The number of hydrogen-bond donors (Lipinski definition) is 2. The van der Waals surface area contributed by atoms with Crippen LogP contribution in [0.4, 0.5) is 10.8 Å². The van der Waals surface area contributed by atoms with E-state index in [2.05, 4.69) is 15.6 Å². The number of amides is 2. The highest BCUT2D eigenvalue weighted by atomic mass is 32.1. The van der Waals surface area contributed by atoms with E-state index >= 15 is 0 Å². The fourth-order valence-corrected chi connectivity index (χ4v) is 2.96. The van der Waals surface area contributed by atoms with Crippen molar-refractivity contribution in [3.05, 3.63) is 64.6 Å². The molecule has 3 rings (SSSR count). The molecule has 0 atom stereocenters. The smallest absolute Gasteiger partial charge is 0.293 e. The van der Waals surface area contributed by atoms with Crippen LogP contribution in [0.2, 0.25) is 0 Å². The van der Waals surface area contributed by atoms with Crippen LogP contribution in [0, 0.1) is 13.8 Å². The van der Waals surface area contributed by atoms with Crippen LogP contribution < -0.4 is 10.6 Å². The fraction of sp³-hybridized carbons (Fsp3) is 0.167. The number of carbonyl (C=O) groups excluding carboxylic acids is 2. The van der Waals surface area contributed by atoms with Crippen molar-refractivity contribution in [2.75, 3.05) is 10.6 Å². The van der Waals surface area contributed by atoms with Crippen LogP contribution in [-0.4, -0.2) is 16.8 Å². The van der Waals surface area contributed by atoms with E-state index in [1.54, 1.807) is 17.5 Å². The van der Waals surface area contributed by atoms with E-state index in [-0.39, 0.29) is 24.0 Å². The SMILES string of the molecule is Cc1cccc(NC(=O)Cc2csc(NC(=O)c3ccco3)n2)c1C. The molecule has 0 aliphatic carbocycles. The molecule has 1 aromatic carbocycles. The topological polar surface area (TPSA) is 84.2 Å². The standard InChI is InChI=1S/C18H17N3O3S/c1-11-5-3-6-14(12(11)2)20-16(22)9-13-10-25-18(19-13)21-17(23)15-7-4-8-24-15/h3-8,10H,9H2,1-2H3,(H,20,22)(H,19,21,23). The average molecular weight is 355 g/mol. The van der Waals surface area contributed by atoms with Crippen molar-refractivity contribution in [2.24, 2.45) is 0 Å². The number of hydrogen-bond acceptors (Lipinski definition) is 5. The lowest BCUT2D eigenvalue weighted by atomic mass is 10.1. The number of aromatic nitrogens is 1. The Kier molecular flexibility index (Phi) is 4.95. The molecule has 0 fully saturated rings. The Labute approximate surface area is 148 Å². The summed E-state index contributed by atoms with van der Waals surface area (Å²) < 4.78 is 5.03. The molecule has 0 spiro atoms. The van der Waals surface area contributed by atoms with E-state index in [9.17, 15) is 9.59 Å². The maximum atomic E-state index is 12.2. The van der Waals surface area contributed by atoms with E-state index in [1.807, 2.05) is 32.0 Å². The van der Waals surface area contributed by atoms with Crippen LogP contribution in [-0.2, 0) is 11.2 Å². The van der Waals surface area contributed by atoms with Crippen molar-refractivity contribution >= 4 is 34.0 Å². The molecule has 0 saturated heterocycles. The quantitative estimate of drug-likeness (QED) is 0.729. The van der Waals surface area contributed by atoms with Crippen LogP contribution in [0.5, 0.6) is 0 Å². The van der Waals surface area contributed by atoms with E-state index in [0.717, 1.165) is 16.8 Å². The molecule has 0 bridgehead atoms. The predicted molar refractivity (Wildman–Crippen MR) is 97.0 cm³/mol. The number of nitrogens with one attached hydrogen (secondary N) is 2. The van der Waals surface area contributed by atoms with Gasteiger partial charge in [0, 0.05) is 11.1 Å². The molecule has 6 nitrogen and oxygen atoms in total. The van der Waals surface area contributed by atoms with Crippen molar-refractivity contribution in [3.8, 4) is 0 Å². The van der Waals surface area contributed by atoms with Gasteiger partial charge in [-0.15, -0.1) is 11.3 Å². The first-order chi connectivity index (χ1) is 12.0. The highest BCUT2D eigenvalue weighted by Gasteiger charge is 2.13. The monoisotopic (exact) mass is 355 g/mol. The van der Waals surface area contributed by atoms with Crippen molar-refractivity contribution < 1.29 is 14.0 Å². The molecule has 0 aliphatic heterocycles. The van der Waals surface area contributed by atoms with Crippen LogP contribution in [0.15, 0.2) is 46.4 Å². The molecule has 2 aromatic heterocycles. The number of anilines is 2. The molecule has 0 aliphatic rings. The van der Waals surface area contributed by atoms with Gasteiger partial charge in [-0.25, -0.2) is 4.98 Å². The summed E-state index contributed by atoms with van der Waals surface area (Å²) in [6.07, 6.45) is 1.57. The fourth-order valence-electron chi connectivity index (χ4n) is 2.26. The first kappa shape index (κ1) is 16.9. The van der Waals surface area contributed by atoms with E-state index in [1.165, 1.54) is 17.6 Å². The third-order valence-corrected chi connectivity index (χ3v) is 4.54. The van der Waals surface area contributed by atoms with E-state index in [4.69, 9.17) is 4.42 Å². The van der Waals surface area contributed by atoms with Gasteiger partial charge in [0.1, 0.15) is 0 Å². The van der Waals surface area contributed by atoms with Gasteiger partial charge in [-0.05, 0) is 43.2 Å². The Hall–Kier alpha value is -2.93. The Balaban J connectivity index is 1.60. The third kappa shape index (κ3) is 4.13. The number of furan rings is 1. The summed E-state index contributed by atoms with van der Waals surface area (Å²) >= 11 is 1.26. The Morgan fingerprint density at radius 2 is 2.00 bits per heavy atom. The minimum absolute atomic E-state index is 0.139. The molecule has 0 unspecified atom stereocenters. The minimum Gasteiger partial charge on any atom is -0.459 e. The summed E-state index contributed by atoms with van der Waals surface area (Å²) in [6, 6.07) is 8.99. The first-order valence-electron chi connectivity index (χ1n) is 7.68. The molecule has 2 amide bonds. The lowest BCUT2D eigenvalue weighted by Crippen LogP contribution is -2.16. The first-order valence-corrected chi connectivity index (χ1v) is 8.56. The van der Waals surface area contributed by atoms with E-state index < -0.39 is 0 Å². The van der Waals surface area contributed by atoms with Gasteiger partial charge in [-0.3, -0.25) is 14.9 Å². The predicted octanol–water partition coefficient (Wildman–Crippen LogP) is 3.79. The zero-order chi connectivity index (χ0) is 17.8. The van der Waals surface area contributed by atoms with Gasteiger partial charge in [0.15, 0.2) is 10.9 Å². The summed E-state index contributed by atoms with van der Waals surface area (Å²) in [4.78, 5) is 28.4. The second-order valence-electron chi connectivity index (χ2n) is 5.55. The third-order valence-electron chi connectivity index (χ3n) is 3.74. The number of benzene rings is 1. The maximum absolute atomic E-state index is 12.2. The van der Waals surface area contributed by atoms with Gasteiger partial charge in [0.25, 0.3) is 5.91 Å². The number of thiazole rings is 1. The average Bonchev–Trinajstić information content (AvgIpc) is 3.24. The van der Waals surface area contributed by atoms with Gasteiger partial charge < -0.3 is 9.73 Å². The summed E-state index contributed by atoms with van der Waals surface area (Å²) in [6.45, 7) is 3.97. The number of carbonyl (C=O) groups is 2. The van der Waals surface area contributed by atoms with Gasteiger partial charge in [-0.1, -0.05) is 12.1 Å². The van der Waals surface area contributed by atoms with Gasteiger partial charge in [0.05, 0.1) is 18.4 Å². The largest absolute Gasteiger partial charge is 0.459 e. The molecule has 7 heteroatoms. The lowest BCUT2D eigenvalue weighted by Gasteiger charge is -2.09. The van der Waals surface area contributed by atoms with Crippen molar-refractivity contribution in [3.63, 3.8) is 0 Å². The lowest BCUT2D eigenvalue weighted by molar-refractivity contribution is -0.115. The van der Waals surface area contributed by atoms with Crippen LogP contribution >= 0.6 is 11.3 Å². The van der Waals surface area contributed by atoms with Gasteiger partial charge >= 0.3 is 0 Å². The molecule has 0 radical (unpaired) electrons. The summed E-state index contributed by atoms with van der Waals surface area (Å²) in [5.41, 5.74) is 3.56. The highest BCUT2D eigenvalue weighted by Crippen LogP contribution is 2.20. The zero-order valence-corrected chi connectivity index (χ0v) is 14.6. The summed E-state index contributed by atoms with van der Waals surface area (Å²) in [5, 5.41) is 7.72. The second-order valence-corrected chi connectivity index (χ2v) is 6.41. The van der Waals surface area contributed by atoms with Crippen LogP contribution in [0.3, 0.4) is 0 Å². The van der Waals surface area contributed by atoms with Gasteiger partial charge in [-0.2, -0.15) is 0 Å². The molecule has 25 heavy (non-hydrogen) atoms. The molecular formula is C18H17N3O3S. The molecule has 3 aromatic rings. The van der Waals surface area contributed by atoms with E-state index in [0.29, 0.717) is 10.8 Å². The summed E-state index contributed by atoms with van der Waals surface area (Å²) in [5.74, 6) is -0.307. The molecular weight excluding hydrogens is 338 g/mol. The number of nitrogens with zero attached hydrogens (tertiary/aromatic N) is 1. The Bertz CT molecular complexity index is 900. The Morgan fingerprint density at radius 3 is 2.76 bits per heavy atom. The molecule has 128 valence electrons. The molecule has 2 N–H and O–H groups in total. The minimum atomic E-state index is -0.370. The van der Waals surface area contributed by atoms with Crippen LogP contribution in [0.25, 0.3) is 0 Å².